The lowest BCUT2D eigenvalue weighted by molar-refractivity contribution is -0.124. The number of halogens is 1. The number of hydrogen-bond donors (Lipinski definition) is 3. The number of azide groups is 1. The van der Waals surface area contributed by atoms with Gasteiger partial charge < -0.3 is 20.3 Å². The summed E-state index contributed by atoms with van der Waals surface area (Å²) in [6, 6.07) is 1.48. The van der Waals surface area contributed by atoms with Crippen LogP contribution in [0.1, 0.15) is 38.8 Å². The van der Waals surface area contributed by atoms with Crippen molar-refractivity contribution in [2.45, 2.75) is 56.8 Å². The van der Waals surface area contributed by atoms with Crippen molar-refractivity contribution < 1.29 is 19.3 Å². The lowest BCUT2D eigenvalue weighted by Crippen LogP contribution is -2.43. The van der Waals surface area contributed by atoms with Gasteiger partial charge in [0.25, 0.3) is 0 Å². The number of aliphatic hydroxyl groups excluding tert-OH is 2. The molecule has 0 bridgehead atoms. The molecule has 11 heteroatoms. The molecule has 26 heavy (non-hydrogen) atoms. The van der Waals surface area contributed by atoms with Crippen LogP contribution in [0.4, 0.5) is 10.2 Å². The van der Waals surface area contributed by atoms with E-state index in [1.807, 2.05) is 0 Å². The maximum absolute atomic E-state index is 14.4. The zero-order chi connectivity index (χ0) is 19.2. The minimum Gasteiger partial charge on any atom is -0.393 e. The third-order valence-electron chi connectivity index (χ3n) is 4.24. The number of aromatic nitrogens is 2. The van der Waals surface area contributed by atoms with Crippen molar-refractivity contribution in [2.24, 2.45) is 5.11 Å². The fourth-order valence-electron chi connectivity index (χ4n) is 2.75. The van der Waals surface area contributed by atoms with Crippen LogP contribution in [-0.2, 0) is 4.74 Å². The number of rotatable bonds is 9. The fourth-order valence-corrected chi connectivity index (χ4v) is 2.75. The van der Waals surface area contributed by atoms with E-state index < -0.39 is 36.5 Å². The van der Waals surface area contributed by atoms with Crippen LogP contribution in [0.2, 0.25) is 0 Å². The Hall–Kier alpha value is -2.20. The Bertz CT molecular complexity index is 710. The Kier molecular flexibility index (Phi) is 6.92. The lowest BCUT2D eigenvalue weighted by atomic mass is 10.1. The highest BCUT2D eigenvalue weighted by molar-refractivity contribution is 5.31. The first-order valence-corrected chi connectivity index (χ1v) is 8.49. The number of hydrogen-bond acceptors (Lipinski definition) is 7. The number of anilines is 1. The molecule has 2 heterocycles. The summed E-state index contributed by atoms with van der Waals surface area (Å²) in [6.07, 6.45) is -0.0328. The van der Waals surface area contributed by atoms with E-state index in [0.717, 1.165) is 30.3 Å². The number of unbranched alkanes of at least 4 members (excludes halogenated alkanes) is 3. The quantitative estimate of drug-likeness (QED) is 0.260. The normalized spacial score (nSPS) is 27.9. The fraction of sp³-hybridized carbons (Fsp3) is 0.733. The number of nitrogens with zero attached hydrogens (tertiary/aromatic N) is 5. The highest BCUT2D eigenvalue weighted by atomic mass is 19.1. The summed E-state index contributed by atoms with van der Waals surface area (Å²) in [7, 11) is 0. The monoisotopic (exact) mass is 370 g/mol. The lowest BCUT2D eigenvalue weighted by Gasteiger charge is -2.23. The van der Waals surface area contributed by atoms with Gasteiger partial charge in [-0.05, 0) is 18.0 Å². The molecule has 144 valence electrons. The second-order valence-electron chi connectivity index (χ2n) is 6.08. The molecule has 2 rings (SSSR count). The van der Waals surface area contributed by atoms with Gasteiger partial charge in [0.2, 0.25) is 5.72 Å². The van der Waals surface area contributed by atoms with E-state index in [2.05, 4.69) is 27.3 Å². The van der Waals surface area contributed by atoms with E-state index in [1.54, 1.807) is 0 Å². The molecule has 10 nitrogen and oxygen atoms in total. The van der Waals surface area contributed by atoms with Gasteiger partial charge in [0, 0.05) is 17.7 Å². The molecule has 1 aliphatic rings. The van der Waals surface area contributed by atoms with Crippen LogP contribution in [0.5, 0.6) is 0 Å². The number of ether oxygens (including phenoxy) is 1. The van der Waals surface area contributed by atoms with E-state index in [0.29, 0.717) is 12.4 Å². The molecule has 0 amide bonds. The minimum atomic E-state index is -2.19. The molecular weight excluding hydrogens is 347 g/mol. The molecule has 0 spiro atoms. The highest BCUT2D eigenvalue weighted by Crippen LogP contribution is 2.39. The Morgan fingerprint density at radius 2 is 2.31 bits per heavy atom. The van der Waals surface area contributed by atoms with Gasteiger partial charge in [0.15, 0.2) is 12.4 Å². The standard InChI is InChI=1S/C15H23FN6O4/c1-2-3-4-5-7-18-10-6-8-22(14(25)19-10)13-11(16)12(24)15(9-23,26-13)20-21-17/h6,8,11-13,23-24H,2-5,7,9H2,1H3,(H,18,19,25)/t11-,12-,13+,15+/m0/s1. The van der Waals surface area contributed by atoms with Crippen LogP contribution in [0.25, 0.3) is 10.4 Å². The van der Waals surface area contributed by atoms with E-state index in [-0.39, 0.29) is 0 Å². The molecule has 4 atom stereocenters. The Balaban J connectivity index is 2.12. The minimum absolute atomic E-state index is 0.347. The van der Waals surface area contributed by atoms with Crippen molar-refractivity contribution in [3.05, 3.63) is 33.2 Å². The second kappa shape index (κ2) is 8.95. The molecule has 1 fully saturated rings. The molecule has 0 aromatic carbocycles. The van der Waals surface area contributed by atoms with Crippen molar-refractivity contribution in [2.75, 3.05) is 18.5 Å². The van der Waals surface area contributed by atoms with E-state index in [4.69, 9.17) is 10.3 Å². The van der Waals surface area contributed by atoms with Crippen molar-refractivity contribution in [1.82, 2.24) is 9.55 Å². The molecule has 0 saturated carbocycles. The summed E-state index contributed by atoms with van der Waals surface area (Å²) in [6.45, 7) is 1.84. The SMILES string of the molecule is CCCCCCNc1ccn([C@@H]2O[C@@](CO)(N=[N+]=[N-])[C@@H](O)[C@@H]2F)c(=O)n1. The van der Waals surface area contributed by atoms with Crippen LogP contribution < -0.4 is 11.0 Å². The molecule has 1 aromatic rings. The predicted molar refractivity (Wildman–Crippen MR) is 91.1 cm³/mol. The van der Waals surface area contributed by atoms with Gasteiger partial charge in [-0.2, -0.15) is 4.98 Å². The molecule has 0 radical (unpaired) electrons. The summed E-state index contributed by atoms with van der Waals surface area (Å²) in [4.78, 5) is 18.5. The summed E-state index contributed by atoms with van der Waals surface area (Å²) in [5, 5.41) is 25.5. The van der Waals surface area contributed by atoms with Gasteiger partial charge in [0.05, 0.1) is 6.61 Å². The first-order valence-electron chi connectivity index (χ1n) is 8.49. The van der Waals surface area contributed by atoms with E-state index >= 15 is 0 Å². The van der Waals surface area contributed by atoms with Crippen LogP contribution in [0.15, 0.2) is 22.2 Å². The topological polar surface area (TPSA) is 145 Å². The third-order valence-corrected chi connectivity index (χ3v) is 4.24. The number of alkyl halides is 1. The van der Waals surface area contributed by atoms with Crippen LogP contribution in [0, 0.1) is 0 Å². The first-order chi connectivity index (χ1) is 12.5. The van der Waals surface area contributed by atoms with Crippen molar-refractivity contribution >= 4 is 5.82 Å². The Morgan fingerprint density at radius 1 is 1.54 bits per heavy atom. The highest BCUT2D eigenvalue weighted by Gasteiger charge is 2.56. The number of nitrogens with one attached hydrogen (secondary N) is 1. The van der Waals surface area contributed by atoms with Crippen molar-refractivity contribution in [3.8, 4) is 0 Å². The summed E-state index contributed by atoms with van der Waals surface area (Å²) >= 11 is 0. The number of aliphatic hydroxyl groups is 2. The molecule has 1 aromatic heterocycles. The molecule has 1 aliphatic heterocycles. The molecular formula is C15H23FN6O4. The van der Waals surface area contributed by atoms with Gasteiger partial charge in [-0.1, -0.05) is 31.3 Å². The zero-order valence-electron chi connectivity index (χ0n) is 14.5. The van der Waals surface area contributed by atoms with Gasteiger partial charge in [0.1, 0.15) is 11.9 Å². The molecule has 3 N–H and O–H groups in total. The molecule has 0 aliphatic carbocycles. The van der Waals surface area contributed by atoms with Gasteiger partial charge in [-0.25, -0.2) is 9.18 Å². The Labute approximate surface area is 149 Å². The van der Waals surface area contributed by atoms with Crippen LogP contribution >= 0.6 is 0 Å². The predicted octanol–water partition coefficient (Wildman–Crippen LogP) is 1.46. The summed E-state index contributed by atoms with van der Waals surface area (Å²) in [5.41, 5.74) is 5.58. The Morgan fingerprint density at radius 3 is 2.92 bits per heavy atom. The van der Waals surface area contributed by atoms with Crippen LogP contribution in [-0.4, -0.2) is 50.9 Å². The first kappa shape index (κ1) is 20.1. The molecule has 1 saturated heterocycles. The largest absolute Gasteiger partial charge is 0.393 e. The van der Waals surface area contributed by atoms with E-state index in [1.165, 1.54) is 12.3 Å². The van der Waals surface area contributed by atoms with Gasteiger partial charge in [-0.3, -0.25) is 4.57 Å². The smallest absolute Gasteiger partial charge is 0.351 e. The molecule has 0 unspecified atom stereocenters. The third kappa shape index (κ3) is 4.13. The van der Waals surface area contributed by atoms with Crippen molar-refractivity contribution in [1.29, 1.82) is 0 Å². The summed E-state index contributed by atoms with van der Waals surface area (Å²) in [5.74, 6) is 0.347. The van der Waals surface area contributed by atoms with Gasteiger partial charge in [-0.15, -0.1) is 0 Å². The van der Waals surface area contributed by atoms with E-state index in [9.17, 15) is 19.4 Å². The van der Waals surface area contributed by atoms with Crippen LogP contribution in [0.3, 0.4) is 0 Å². The maximum atomic E-state index is 14.4. The summed E-state index contributed by atoms with van der Waals surface area (Å²) < 4.78 is 20.5. The maximum Gasteiger partial charge on any atom is 0.351 e. The van der Waals surface area contributed by atoms with Gasteiger partial charge >= 0.3 is 5.69 Å². The average molecular weight is 370 g/mol. The second-order valence-corrected chi connectivity index (χ2v) is 6.08. The average Bonchev–Trinajstić information content (AvgIpc) is 2.88. The van der Waals surface area contributed by atoms with Crippen molar-refractivity contribution in [3.63, 3.8) is 0 Å². The zero-order valence-corrected chi connectivity index (χ0v) is 14.5.